The van der Waals surface area contributed by atoms with Crippen LogP contribution < -0.4 is 5.32 Å². The molecule has 2 aromatic heterocycles. The van der Waals surface area contributed by atoms with E-state index in [9.17, 15) is 4.79 Å². The zero-order chi connectivity index (χ0) is 17.9. The topological polar surface area (TPSA) is 63.0 Å². The number of nitrogens with zero attached hydrogens (tertiary/aromatic N) is 4. The molecule has 134 valence electrons. The number of aryl methyl sites for hydroxylation is 1. The SMILES string of the molecule is Cn1c(CN2CC[C@H](CNC(=O)c3ccncc3)C2)nc2ccccc21. The van der Waals surface area contributed by atoms with E-state index in [4.69, 9.17) is 4.98 Å². The molecule has 0 aliphatic carbocycles. The number of aromatic nitrogens is 3. The van der Waals surface area contributed by atoms with Gasteiger partial charge in [0, 0.05) is 38.1 Å². The first-order valence-corrected chi connectivity index (χ1v) is 9.01. The van der Waals surface area contributed by atoms with Crippen LogP contribution in [0.2, 0.25) is 0 Å². The van der Waals surface area contributed by atoms with E-state index >= 15 is 0 Å². The maximum absolute atomic E-state index is 12.2. The van der Waals surface area contributed by atoms with Gasteiger partial charge in [0.2, 0.25) is 0 Å². The highest BCUT2D eigenvalue weighted by Gasteiger charge is 2.24. The molecule has 0 unspecified atom stereocenters. The highest BCUT2D eigenvalue weighted by molar-refractivity contribution is 5.93. The van der Waals surface area contributed by atoms with E-state index in [1.165, 1.54) is 5.52 Å². The molecule has 0 saturated carbocycles. The molecule has 0 bridgehead atoms. The van der Waals surface area contributed by atoms with Gasteiger partial charge in [-0.05, 0) is 43.1 Å². The molecule has 3 aromatic rings. The number of para-hydroxylation sites is 2. The van der Waals surface area contributed by atoms with Crippen LogP contribution in [0.15, 0.2) is 48.8 Å². The second kappa shape index (κ2) is 7.25. The summed E-state index contributed by atoms with van der Waals surface area (Å²) in [6.07, 6.45) is 4.38. The Morgan fingerprint density at radius 1 is 1.23 bits per heavy atom. The number of carbonyl (C=O) groups is 1. The molecule has 6 heteroatoms. The van der Waals surface area contributed by atoms with Gasteiger partial charge in [-0.2, -0.15) is 0 Å². The van der Waals surface area contributed by atoms with Gasteiger partial charge in [0.05, 0.1) is 17.6 Å². The van der Waals surface area contributed by atoms with Crippen LogP contribution in [-0.4, -0.2) is 45.0 Å². The van der Waals surface area contributed by atoms with Crippen molar-refractivity contribution >= 4 is 16.9 Å². The van der Waals surface area contributed by atoms with Gasteiger partial charge < -0.3 is 9.88 Å². The molecule has 1 aliphatic rings. The molecule has 0 radical (unpaired) electrons. The summed E-state index contributed by atoms with van der Waals surface area (Å²) in [4.78, 5) is 23.3. The summed E-state index contributed by atoms with van der Waals surface area (Å²) < 4.78 is 2.17. The van der Waals surface area contributed by atoms with Gasteiger partial charge in [-0.1, -0.05) is 12.1 Å². The smallest absolute Gasteiger partial charge is 0.251 e. The van der Waals surface area contributed by atoms with Crippen LogP contribution in [0.25, 0.3) is 11.0 Å². The molecule has 1 atom stereocenters. The minimum absolute atomic E-state index is 0.0267. The molecule has 6 nitrogen and oxygen atoms in total. The second-order valence-corrected chi connectivity index (χ2v) is 6.91. The van der Waals surface area contributed by atoms with Crippen molar-refractivity contribution in [3.8, 4) is 0 Å². The predicted octanol–water partition coefficient (Wildman–Crippen LogP) is 2.22. The number of rotatable bonds is 5. The van der Waals surface area contributed by atoms with Gasteiger partial charge in [-0.3, -0.25) is 14.7 Å². The van der Waals surface area contributed by atoms with Crippen LogP contribution in [0.1, 0.15) is 22.6 Å². The summed E-state index contributed by atoms with van der Waals surface area (Å²) >= 11 is 0. The average Bonchev–Trinajstić information content (AvgIpc) is 3.26. The number of likely N-dealkylation sites (tertiary alicyclic amines) is 1. The molecular weight excluding hydrogens is 326 g/mol. The Hall–Kier alpha value is -2.73. The number of imidazole rings is 1. The summed E-state index contributed by atoms with van der Waals surface area (Å²) in [5.74, 6) is 1.55. The normalized spacial score (nSPS) is 17.7. The number of nitrogens with one attached hydrogen (secondary N) is 1. The lowest BCUT2D eigenvalue weighted by Gasteiger charge is -2.16. The van der Waals surface area contributed by atoms with E-state index in [2.05, 4.69) is 38.9 Å². The third-order valence-electron chi connectivity index (χ3n) is 5.11. The lowest BCUT2D eigenvalue weighted by molar-refractivity contribution is 0.0947. The molecular formula is C20H23N5O. The maximum Gasteiger partial charge on any atom is 0.251 e. The summed E-state index contributed by atoms with van der Waals surface area (Å²) in [6, 6.07) is 11.7. The van der Waals surface area contributed by atoms with Crippen LogP contribution >= 0.6 is 0 Å². The lowest BCUT2D eigenvalue weighted by Crippen LogP contribution is -2.31. The molecule has 1 aliphatic heterocycles. The summed E-state index contributed by atoms with van der Waals surface area (Å²) in [6.45, 7) is 3.58. The van der Waals surface area contributed by atoms with Crippen molar-refractivity contribution in [2.75, 3.05) is 19.6 Å². The quantitative estimate of drug-likeness (QED) is 0.767. The standard InChI is InChI=1S/C20H23N5O/c1-24-18-5-3-2-4-17(18)23-19(24)14-25-11-8-15(13-25)12-22-20(26)16-6-9-21-10-7-16/h2-7,9-10,15H,8,11-14H2,1H3,(H,22,26)/t15-/m1/s1. The molecule has 1 aromatic carbocycles. The van der Waals surface area contributed by atoms with Crippen molar-refractivity contribution in [3.05, 3.63) is 60.2 Å². The van der Waals surface area contributed by atoms with Gasteiger partial charge in [0.1, 0.15) is 5.82 Å². The monoisotopic (exact) mass is 349 g/mol. The van der Waals surface area contributed by atoms with Gasteiger partial charge in [-0.25, -0.2) is 4.98 Å². The summed E-state index contributed by atoms with van der Waals surface area (Å²) in [7, 11) is 2.08. The van der Waals surface area contributed by atoms with Gasteiger partial charge in [0.15, 0.2) is 0 Å². The fraction of sp³-hybridized carbons (Fsp3) is 0.350. The third-order valence-corrected chi connectivity index (χ3v) is 5.11. The number of carbonyl (C=O) groups excluding carboxylic acids is 1. The van der Waals surface area contributed by atoms with Crippen molar-refractivity contribution in [1.29, 1.82) is 0 Å². The number of benzene rings is 1. The first-order valence-electron chi connectivity index (χ1n) is 9.01. The van der Waals surface area contributed by atoms with E-state index in [1.54, 1.807) is 24.5 Å². The molecule has 3 heterocycles. The third kappa shape index (κ3) is 3.46. The number of pyridine rings is 1. The maximum atomic E-state index is 12.2. The van der Waals surface area contributed by atoms with Crippen LogP contribution in [0.4, 0.5) is 0 Å². The lowest BCUT2D eigenvalue weighted by atomic mass is 10.1. The van der Waals surface area contributed by atoms with Crippen LogP contribution in [0.5, 0.6) is 0 Å². The van der Waals surface area contributed by atoms with Crippen LogP contribution in [-0.2, 0) is 13.6 Å². The Balaban J connectivity index is 1.32. The first-order chi connectivity index (χ1) is 12.7. The fourth-order valence-electron chi connectivity index (χ4n) is 3.60. The van der Waals surface area contributed by atoms with Gasteiger partial charge in [-0.15, -0.1) is 0 Å². The van der Waals surface area contributed by atoms with E-state index in [1.807, 2.05) is 12.1 Å². The van der Waals surface area contributed by atoms with Crippen molar-refractivity contribution in [2.45, 2.75) is 13.0 Å². The van der Waals surface area contributed by atoms with Crippen molar-refractivity contribution in [1.82, 2.24) is 24.8 Å². The Morgan fingerprint density at radius 2 is 2.04 bits per heavy atom. The van der Waals surface area contributed by atoms with Crippen LogP contribution in [0, 0.1) is 5.92 Å². The molecule has 1 amide bonds. The van der Waals surface area contributed by atoms with Crippen molar-refractivity contribution in [3.63, 3.8) is 0 Å². The van der Waals surface area contributed by atoms with Crippen molar-refractivity contribution < 1.29 is 4.79 Å². The fourth-order valence-corrected chi connectivity index (χ4v) is 3.60. The van der Waals surface area contributed by atoms with E-state index in [0.29, 0.717) is 18.0 Å². The first kappa shape index (κ1) is 16.7. The number of amides is 1. The number of hydrogen-bond acceptors (Lipinski definition) is 4. The minimum atomic E-state index is -0.0267. The van der Waals surface area contributed by atoms with Gasteiger partial charge >= 0.3 is 0 Å². The van der Waals surface area contributed by atoms with Gasteiger partial charge in [0.25, 0.3) is 5.91 Å². The molecule has 4 rings (SSSR count). The van der Waals surface area contributed by atoms with E-state index < -0.39 is 0 Å². The summed E-state index contributed by atoms with van der Waals surface area (Å²) in [5, 5.41) is 3.04. The Labute approximate surface area is 152 Å². The molecule has 0 spiro atoms. The van der Waals surface area contributed by atoms with E-state index in [0.717, 1.165) is 37.4 Å². The van der Waals surface area contributed by atoms with Crippen molar-refractivity contribution in [2.24, 2.45) is 13.0 Å². The van der Waals surface area contributed by atoms with E-state index in [-0.39, 0.29) is 5.91 Å². The predicted molar refractivity (Wildman–Crippen MR) is 101 cm³/mol. The molecule has 1 N–H and O–H groups in total. The zero-order valence-electron chi connectivity index (χ0n) is 14.9. The number of fused-ring (bicyclic) bond motifs is 1. The Morgan fingerprint density at radius 3 is 2.85 bits per heavy atom. The number of hydrogen-bond donors (Lipinski definition) is 1. The minimum Gasteiger partial charge on any atom is -0.352 e. The zero-order valence-corrected chi connectivity index (χ0v) is 14.9. The largest absolute Gasteiger partial charge is 0.352 e. The van der Waals surface area contributed by atoms with Crippen LogP contribution in [0.3, 0.4) is 0 Å². The highest BCUT2D eigenvalue weighted by Crippen LogP contribution is 2.20. The highest BCUT2D eigenvalue weighted by atomic mass is 16.1. The Bertz CT molecular complexity index is 905. The second-order valence-electron chi connectivity index (χ2n) is 6.91. The molecule has 26 heavy (non-hydrogen) atoms. The Kier molecular flexibility index (Phi) is 4.67. The average molecular weight is 349 g/mol. The summed E-state index contributed by atoms with van der Waals surface area (Å²) in [5.41, 5.74) is 2.88. The molecule has 1 saturated heterocycles. The molecule has 1 fully saturated rings.